The van der Waals surface area contributed by atoms with Gasteiger partial charge in [-0.05, 0) is 30.5 Å². The quantitative estimate of drug-likeness (QED) is 0.739. The zero-order valence-electron chi connectivity index (χ0n) is 12.7. The molecule has 0 aliphatic carbocycles. The standard InChI is InChI=1S/C15H23N5O/c1-3-8-21-14-7-5-6-12(9-14)11-16-13(4-2)10-15-17-19-20-18-15/h5-7,9,13,16H,3-4,8,10-11H2,1-2H3,(H,17,18,19,20). The number of aromatic amines is 1. The molecule has 6 heteroatoms. The van der Waals surface area contributed by atoms with Gasteiger partial charge in [-0.1, -0.05) is 31.2 Å². The summed E-state index contributed by atoms with van der Waals surface area (Å²) in [6, 6.07) is 8.55. The molecule has 6 nitrogen and oxygen atoms in total. The van der Waals surface area contributed by atoms with Crippen molar-refractivity contribution in [1.29, 1.82) is 0 Å². The van der Waals surface area contributed by atoms with E-state index in [1.165, 1.54) is 5.56 Å². The molecule has 0 aliphatic heterocycles. The van der Waals surface area contributed by atoms with Crippen LogP contribution in [0.15, 0.2) is 24.3 Å². The van der Waals surface area contributed by atoms with Crippen LogP contribution in [0, 0.1) is 0 Å². The molecule has 114 valence electrons. The van der Waals surface area contributed by atoms with E-state index in [1.54, 1.807) is 0 Å². The lowest BCUT2D eigenvalue weighted by Crippen LogP contribution is -2.30. The molecule has 1 heterocycles. The van der Waals surface area contributed by atoms with Crippen molar-refractivity contribution in [3.05, 3.63) is 35.7 Å². The molecule has 2 N–H and O–H groups in total. The van der Waals surface area contributed by atoms with E-state index < -0.39 is 0 Å². The van der Waals surface area contributed by atoms with Crippen molar-refractivity contribution < 1.29 is 4.74 Å². The summed E-state index contributed by atoms with van der Waals surface area (Å²) in [4.78, 5) is 0. The molecule has 0 fully saturated rings. The third-order valence-corrected chi connectivity index (χ3v) is 3.28. The first-order valence-corrected chi connectivity index (χ1v) is 7.49. The molecule has 21 heavy (non-hydrogen) atoms. The summed E-state index contributed by atoms with van der Waals surface area (Å²) >= 11 is 0. The summed E-state index contributed by atoms with van der Waals surface area (Å²) < 4.78 is 5.65. The van der Waals surface area contributed by atoms with E-state index in [0.717, 1.165) is 44.0 Å². The number of hydrogen-bond donors (Lipinski definition) is 2. The lowest BCUT2D eigenvalue weighted by molar-refractivity contribution is 0.317. The second kappa shape index (κ2) is 8.36. The first-order valence-electron chi connectivity index (χ1n) is 7.49. The van der Waals surface area contributed by atoms with Gasteiger partial charge in [-0.15, -0.1) is 10.2 Å². The van der Waals surface area contributed by atoms with Crippen molar-refractivity contribution in [2.24, 2.45) is 0 Å². The van der Waals surface area contributed by atoms with E-state index in [2.05, 4.69) is 51.9 Å². The average molecular weight is 289 g/mol. The van der Waals surface area contributed by atoms with Crippen LogP contribution < -0.4 is 10.1 Å². The maximum atomic E-state index is 5.65. The maximum Gasteiger partial charge on any atom is 0.176 e. The van der Waals surface area contributed by atoms with Crippen LogP contribution in [0.2, 0.25) is 0 Å². The molecule has 0 saturated heterocycles. The molecule has 0 amide bonds. The van der Waals surface area contributed by atoms with Gasteiger partial charge in [0.25, 0.3) is 0 Å². The van der Waals surface area contributed by atoms with Gasteiger partial charge in [-0.25, -0.2) is 0 Å². The highest BCUT2D eigenvalue weighted by Crippen LogP contribution is 2.14. The molecule has 1 unspecified atom stereocenters. The summed E-state index contributed by atoms with van der Waals surface area (Å²) in [6.45, 7) is 5.82. The molecule has 0 aliphatic rings. The molecule has 2 aromatic rings. The maximum absolute atomic E-state index is 5.65. The number of benzene rings is 1. The van der Waals surface area contributed by atoms with Crippen LogP contribution in [0.4, 0.5) is 0 Å². The van der Waals surface area contributed by atoms with E-state index in [0.29, 0.717) is 6.04 Å². The van der Waals surface area contributed by atoms with Crippen LogP contribution >= 0.6 is 0 Å². The van der Waals surface area contributed by atoms with Crippen molar-refractivity contribution in [3.8, 4) is 5.75 Å². The fraction of sp³-hybridized carbons (Fsp3) is 0.533. The normalized spacial score (nSPS) is 12.3. The Kier molecular flexibility index (Phi) is 6.15. The Morgan fingerprint density at radius 3 is 2.95 bits per heavy atom. The fourth-order valence-corrected chi connectivity index (χ4v) is 2.08. The van der Waals surface area contributed by atoms with Crippen molar-refractivity contribution in [2.45, 2.75) is 45.7 Å². The lowest BCUT2D eigenvalue weighted by atomic mass is 10.1. The number of tetrazole rings is 1. The minimum absolute atomic E-state index is 0.336. The van der Waals surface area contributed by atoms with E-state index in [4.69, 9.17) is 4.74 Å². The molecule has 2 rings (SSSR count). The third kappa shape index (κ3) is 5.15. The number of H-pyrrole nitrogens is 1. The average Bonchev–Trinajstić information content (AvgIpc) is 3.02. The summed E-state index contributed by atoms with van der Waals surface area (Å²) in [5, 5.41) is 17.6. The van der Waals surface area contributed by atoms with Crippen LogP contribution in [0.1, 0.15) is 38.1 Å². The number of nitrogens with one attached hydrogen (secondary N) is 2. The van der Waals surface area contributed by atoms with Gasteiger partial charge < -0.3 is 10.1 Å². The molecule has 0 saturated carbocycles. The van der Waals surface area contributed by atoms with E-state index in [9.17, 15) is 0 Å². The Balaban J connectivity index is 1.85. The van der Waals surface area contributed by atoms with Crippen molar-refractivity contribution in [2.75, 3.05) is 6.61 Å². The molecule has 1 atom stereocenters. The number of ether oxygens (including phenoxy) is 1. The van der Waals surface area contributed by atoms with Gasteiger partial charge in [0.2, 0.25) is 0 Å². The molecule has 0 radical (unpaired) electrons. The van der Waals surface area contributed by atoms with Gasteiger partial charge in [0.05, 0.1) is 6.61 Å². The number of nitrogens with zero attached hydrogens (tertiary/aromatic N) is 3. The summed E-state index contributed by atoms with van der Waals surface area (Å²) in [5.41, 5.74) is 1.22. The largest absolute Gasteiger partial charge is 0.494 e. The number of aromatic nitrogens is 4. The predicted octanol–water partition coefficient (Wildman–Crippen LogP) is 2.10. The highest BCUT2D eigenvalue weighted by Gasteiger charge is 2.10. The van der Waals surface area contributed by atoms with Gasteiger partial charge in [-0.2, -0.15) is 5.21 Å². The van der Waals surface area contributed by atoms with Gasteiger partial charge in [0.15, 0.2) is 5.82 Å². The molecule has 0 spiro atoms. The first-order chi connectivity index (χ1) is 10.3. The Morgan fingerprint density at radius 1 is 1.33 bits per heavy atom. The highest BCUT2D eigenvalue weighted by molar-refractivity contribution is 5.28. The van der Waals surface area contributed by atoms with Gasteiger partial charge >= 0.3 is 0 Å². The van der Waals surface area contributed by atoms with Gasteiger partial charge in [-0.3, -0.25) is 0 Å². The summed E-state index contributed by atoms with van der Waals surface area (Å²) in [7, 11) is 0. The number of hydrogen-bond acceptors (Lipinski definition) is 5. The van der Waals surface area contributed by atoms with Crippen molar-refractivity contribution in [3.63, 3.8) is 0 Å². The molecular weight excluding hydrogens is 266 g/mol. The van der Waals surface area contributed by atoms with E-state index in [-0.39, 0.29) is 0 Å². The third-order valence-electron chi connectivity index (χ3n) is 3.28. The molecular formula is C15H23N5O. The molecule has 0 bridgehead atoms. The second-order valence-electron chi connectivity index (χ2n) is 5.01. The van der Waals surface area contributed by atoms with E-state index in [1.807, 2.05) is 12.1 Å². The predicted molar refractivity (Wildman–Crippen MR) is 81.0 cm³/mol. The Bertz CT molecular complexity index is 515. The van der Waals surface area contributed by atoms with Gasteiger partial charge in [0.1, 0.15) is 5.75 Å². The zero-order chi connectivity index (χ0) is 14.9. The van der Waals surface area contributed by atoms with E-state index >= 15 is 0 Å². The SMILES string of the molecule is CCCOc1cccc(CNC(CC)Cc2nn[nH]n2)c1. The minimum Gasteiger partial charge on any atom is -0.494 e. The number of rotatable bonds is 9. The fourth-order valence-electron chi connectivity index (χ4n) is 2.08. The first kappa shape index (κ1) is 15.4. The zero-order valence-corrected chi connectivity index (χ0v) is 12.7. The summed E-state index contributed by atoms with van der Waals surface area (Å²) in [6.07, 6.45) is 2.81. The van der Waals surface area contributed by atoms with Gasteiger partial charge in [0, 0.05) is 19.0 Å². The lowest BCUT2D eigenvalue weighted by Gasteiger charge is -2.15. The Morgan fingerprint density at radius 2 is 2.24 bits per heavy atom. The van der Waals surface area contributed by atoms with Crippen LogP contribution in [0.25, 0.3) is 0 Å². The molecule has 1 aromatic carbocycles. The van der Waals surface area contributed by atoms with Crippen LogP contribution in [-0.2, 0) is 13.0 Å². The topological polar surface area (TPSA) is 75.7 Å². The second-order valence-corrected chi connectivity index (χ2v) is 5.01. The minimum atomic E-state index is 0.336. The van der Waals surface area contributed by atoms with Crippen LogP contribution in [0.3, 0.4) is 0 Å². The van der Waals surface area contributed by atoms with Crippen molar-refractivity contribution >= 4 is 0 Å². The van der Waals surface area contributed by atoms with Crippen LogP contribution in [-0.4, -0.2) is 33.3 Å². The molecule has 1 aromatic heterocycles. The smallest absolute Gasteiger partial charge is 0.176 e. The monoisotopic (exact) mass is 289 g/mol. The summed E-state index contributed by atoms with van der Waals surface area (Å²) in [5.74, 6) is 1.68. The highest BCUT2D eigenvalue weighted by atomic mass is 16.5. The Hall–Kier alpha value is -1.95. The van der Waals surface area contributed by atoms with Crippen LogP contribution in [0.5, 0.6) is 5.75 Å². The Labute approximate surface area is 125 Å². The van der Waals surface area contributed by atoms with Crippen molar-refractivity contribution in [1.82, 2.24) is 25.9 Å².